The number of aldehydes is 1. The van der Waals surface area contributed by atoms with Crippen LogP contribution in [0.2, 0.25) is 0 Å². The fourth-order valence-electron chi connectivity index (χ4n) is 0.503. The number of esters is 1. The van der Waals surface area contributed by atoms with Crippen LogP contribution in [-0.4, -0.2) is 19.4 Å². The largest absolute Gasteiger partial charge is 0.466 e. The molecule has 3 nitrogen and oxygen atoms in total. The van der Waals surface area contributed by atoms with Gasteiger partial charge in [0.25, 0.3) is 0 Å². The van der Waals surface area contributed by atoms with E-state index < -0.39 is 0 Å². The highest BCUT2D eigenvalue weighted by molar-refractivity contribution is 5.81. The first-order chi connectivity index (χ1) is 5.20. The van der Waals surface area contributed by atoms with Gasteiger partial charge in [-0.15, -0.1) is 0 Å². The second-order valence-corrected chi connectivity index (χ2v) is 2.27. The van der Waals surface area contributed by atoms with Gasteiger partial charge in [0, 0.05) is 12.0 Å². The van der Waals surface area contributed by atoms with Crippen LogP contribution in [0.25, 0.3) is 0 Å². The van der Waals surface area contributed by atoms with E-state index in [9.17, 15) is 9.59 Å². The van der Waals surface area contributed by atoms with E-state index in [1.807, 2.05) is 0 Å². The first-order valence-corrected chi connectivity index (χ1v) is 3.40. The van der Waals surface area contributed by atoms with Crippen LogP contribution < -0.4 is 0 Å². The summed E-state index contributed by atoms with van der Waals surface area (Å²) in [7, 11) is 1.32. The Balaban J connectivity index is 3.59. The maximum absolute atomic E-state index is 10.5. The lowest BCUT2D eigenvalue weighted by Gasteiger charge is -1.94. The predicted molar refractivity (Wildman–Crippen MR) is 41.0 cm³/mol. The van der Waals surface area contributed by atoms with Gasteiger partial charge in [0.05, 0.1) is 7.11 Å². The molecule has 0 aromatic rings. The lowest BCUT2D eigenvalue weighted by atomic mass is 10.1. The van der Waals surface area contributed by atoms with Crippen LogP contribution in [0.4, 0.5) is 0 Å². The van der Waals surface area contributed by atoms with E-state index >= 15 is 0 Å². The molecular weight excluding hydrogens is 144 g/mol. The van der Waals surface area contributed by atoms with Crippen LogP contribution in [0.3, 0.4) is 0 Å². The van der Waals surface area contributed by atoms with E-state index in [0.29, 0.717) is 6.42 Å². The Kier molecular flexibility index (Phi) is 5.07. The summed E-state index contributed by atoms with van der Waals surface area (Å²) in [5.74, 6) is -0.418. The highest BCUT2D eigenvalue weighted by Gasteiger charge is 1.95. The Morgan fingerprint density at radius 1 is 1.64 bits per heavy atom. The third-order valence-electron chi connectivity index (χ3n) is 1.20. The van der Waals surface area contributed by atoms with Crippen LogP contribution in [0.1, 0.15) is 13.3 Å². The summed E-state index contributed by atoms with van der Waals surface area (Å²) in [5.41, 5.74) is 0. The van der Waals surface area contributed by atoms with Crippen LogP contribution >= 0.6 is 0 Å². The van der Waals surface area contributed by atoms with E-state index in [2.05, 4.69) is 4.74 Å². The third-order valence-corrected chi connectivity index (χ3v) is 1.20. The molecule has 62 valence electrons. The summed E-state index contributed by atoms with van der Waals surface area (Å²) in [6, 6.07) is 0. The minimum Gasteiger partial charge on any atom is -0.466 e. The highest BCUT2D eigenvalue weighted by atomic mass is 16.5. The van der Waals surface area contributed by atoms with Gasteiger partial charge in [-0.05, 0) is 6.42 Å². The Morgan fingerprint density at radius 3 is 2.73 bits per heavy atom. The van der Waals surface area contributed by atoms with Crippen LogP contribution in [0.15, 0.2) is 12.2 Å². The second-order valence-electron chi connectivity index (χ2n) is 2.27. The third kappa shape index (κ3) is 5.33. The number of allylic oxidation sites excluding steroid dienone is 1. The van der Waals surface area contributed by atoms with E-state index in [0.717, 1.165) is 6.29 Å². The van der Waals surface area contributed by atoms with Gasteiger partial charge in [-0.25, -0.2) is 4.79 Å². The van der Waals surface area contributed by atoms with E-state index in [1.54, 1.807) is 13.0 Å². The number of carbonyl (C=O) groups excluding carboxylic acids is 2. The quantitative estimate of drug-likeness (QED) is 0.345. The molecule has 3 heteroatoms. The van der Waals surface area contributed by atoms with Crippen molar-refractivity contribution in [2.24, 2.45) is 5.92 Å². The van der Waals surface area contributed by atoms with E-state index in [4.69, 9.17) is 0 Å². The maximum Gasteiger partial charge on any atom is 0.330 e. The highest BCUT2D eigenvalue weighted by Crippen LogP contribution is 1.97. The van der Waals surface area contributed by atoms with Crippen molar-refractivity contribution in [3.8, 4) is 0 Å². The fourth-order valence-corrected chi connectivity index (χ4v) is 0.503. The molecule has 0 amide bonds. The molecule has 0 N–H and O–H groups in total. The molecule has 1 unspecified atom stereocenters. The number of methoxy groups -OCH3 is 1. The van der Waals surface area contributed by atoms with Crippen LogP contribution in [-0.2, 0) is 14.3 Å². The smallest absolute Gasteiger partial charge is 0.330 e. The molecule has 0 heterocycles. The number of carbonyl (C=O) groups is 2. The van der Waals surface area contributed by atoms with E-state index in [-0.39, 0.29) is 11.9 Å². The Bertz CT molecular complexity index is 161. The topological polar surface area (TPSA) is 43.4 Å². The van der Waals surface area contributed by atoms with Crippen molar-refractivity contribution in [1.82, 2.24) is 0 Å². The molecule has 0 bridgehead atoms. The maximum atomic E-state index is 10.5. The number of rotatable bonds is 4. The summed E-state index contributed by atoms with van der Waals surface area (Å²) in [5, 5.41) is 0. The summed E-state index contributed by atoms with van der Waals surface area (Å²) in [6.45, 7) is 1.79. The van der Waals surface area contributed by atoms with Gasteiger partial charge >= 0.3 is 5.97 Å². The zero-order valence-electron chi connectivity index (χ0n) is 6.74. The minimum absolute atomic E-state index is 0.0316. The molecule has 0 saturated carbocycles. The molecule has 0 saturated heterocycles. The van der Waals surface area contributed by atoms with Crippen molar-refractivity contribution >= 4 is 12.3 Å². The average molecular weight is 156 g/mol. The zero-order valence-corrected chi connectivity index (χ0v) is 6.74. The number of hydrogen-bond acceptors (Lipinski definition) is 3. The summed E-state index contributed by atoms with van der Waals surface area (Å²) in [4.78, 5) is 20.6. The zero-order chi connectivity index (χ0) is 8.69. The van der Waals surface area contributed by atoms with Gasteiger partial charge in [0.1, 0.15) is 6.29 Å². The molecular formula is C8H12O3. The van der Waals surface area contributed by atoms with Gasteiger partial charge in [-0.2, -0.15) is 0 Å². The molecule has 0 aliphatic rings. The van der Waals surface area contributed by atoms with Crippen LogP contribution in [0, 0.1) is 5.92 Å². The lowest BCUT2D eigenvalue weighted by molar-refractivity contribution is -0.134. The lowest BCUT2D eigenvalue weighted by Crippen LogP contribution is -1.96. The molecule has 11 heavy (non-hydrogen) atoms. The molecule has 0 aromatic heterocycles. The first kappa shape index (κ1) is 9.88. The van der Waals surface area contributed by atoms with Crippen LogP contribution in [0.5, 0.6) is 0 Å². The van der Waals surface area contributed by atoms with E-state index in [1.165, 1.54) is 13.2 Å². The van der Waals surface area contributed by atoms with Crippen molar-refractivity contribution in [1.29, 1.82) is 0 Å². The molecule has 0 aromatic carbocycles. The van der Waals surface area contributed by atoms with Crippen molar-refractivity contribution in [3.63, 3.8) is 0 Å². The van der Waals surface area contributed by atoms with Crippen molar-refractivity contribution in [3.05, 3.63) is 12.2 Å². The Labute approximate surface area is 66.0 Å². The monoisotopic (exact) mass is 156 g/mol. The van der Waals surface area contributed by atoms with Gasteiger partial charge in [-0.1, -0.05) is 13.0 Å². The standard InChI is InChI=1S/C8H12O3/c1-7(6-9)4-3-5-8(10)11-2/h3,5-7H,4H2,1-2H3/b5-3+. The van der Waals surface area contributed by atoms with Crippen molar-refractivity contribution < 1.29 is 14.3 Å². The summed E-state index contributed by atoms with van der Waals surface area (Å²) in [6.07, 6.45) is 4.38. The normalized spacial score (nSPS) is 12.9. The Hall–Kier alpha value is -1.12. The summed E-state index contributed by atoms with van der Waals surface area (Å²) >= 11 is 0. The molecule has 1 atom stereocenters. The molecule has 0 aliphatic heterocycles. The molecule has 0 fully saturated rings. The van der Waals surface area contributed by atoms with Gasteiger partial charge in [-0.3, -0.25) is 0 Å². The predicted octanol–water partition coefficient (Wildman–Crippen LogP) is 0.941. The first-order valence-electron chi connectivity index (χ1n) is 3.40. The van der Waals surface area contributed by atoms with Gasteiger partial charge in [0.15, 0.2) is 0 Å². The van der Waals surface area contributed by atoms with Gasteiger partial charge in [0.2, 0.25) is 0 Å². The molecule has 0 radical (unpaired) electrons. The molecule has 0 rings (SSSR count). The minimum atomic E-state index is -0.386. The summed E-state index contributed by atoms with van der Waals surface area (Å²) < 4.78 is 4.35. The molecule has 0 aliphatic carbocycles. The SMILES string of the molecule is COC(=O)/C=C/CC(C)C=O. The average Bonchev–Trinajstić information content (AvgIpc) is 2.04. The van der Waals surface area contributed by atoms with Gasteiger partial charge < -0.3 is 9.53 Å². The number of hydrogen-bond donors (Lipinski definition) is 0. The van der Waals surface area contributed by atoms with Crippen molar-refractivity contribution in [2.75, 3.05) is 7.11 Å². The number of ether oxygens (including phenoxy) is 1. The molecule has 0 spiro atoms. The van der Waals surface area contributed by atoms with Crippen molar-refractivity contribution in [2.45, 2.75) is 13.3 Å². The fraction of sp³-hybridized carbons (Fsp3) is 0.500. The second kappa shape index (κ2) is 5.65. The Morgan fingerprint density at radius 2 is 2.27 bits per heavy atom.